The summed E-state index contributed by atoms with van der Waals surface area (Å²) in [4.78, 5) is 0. The van der Waals surface area contributed by atoms with Crippen molar-refractivity contribution in [1.29, 1.82) is 0 Å². The minimum atomic E-state index is 0.804. The Morgan fingerprint density at radius 3 is 3.08 bits per heavy atom. The van der Waals surface area contributed by atoms with Gasteiger partial charge in [-0.05, 0) is 0 Å². The Kier molecular flexibility index (Phi) is 1.99. The monoisotopic (exact) mass is 167 g/mol. The summed E-state index contributed by atoms with van der Waals surface area (Å²) in [5.41, 5.74) is 2.51. The maximum absolute atomic E-state index is 5.36. The second kappa shape index (κ2) is 3.15. The number of nitrogens with zero attached hydrogens (tertiary/aromatic N) is 1. The first-order valence-corrected chi connectivity index (χ1v) is 4.23. The molecule has 1 aliphatic heterocycles. The number of hydrogen-bond donors (Lipinski definition) is 2. The summed E-state index contributed by atoms with van der Waals surface area (Å²) in [5, 5.41) is 10.3. The number of H-pyrrole nitrogens is 1. The summed E-state index contributed by atoms with van der Waals surface area (Å²) >= 11 is 0. The quantitative estimate of drug-likeness (QED) is 0.642. The molecular weight excluding hydrogens is 154 g/mol. The lowest BCUT2D eigenvalue weighted by Crippen LogP contribution is -1.98. The van der Waals surface area contributed by atoms with Crippen LogP contribution in [0.5, 0.6) is 0 Å². The zero-order chi connectivity index (χ0) is 8.39. The highest BCUT2D eigenvalue weighted by Crippen LogP contribution is 2.19. The molecule has 0 fully saturated rings. The molecule has 0 saturated carbocycles. The Morgan fingerprint density at radius 1 is 1.42 bits per heavy atom. The van der Waals surface area contributed by atoms with E-state index < -0.39 is 0 Å². The van der Waals surface area contributed by atoms with Crippen molar-refractivity contribution in [2.75, 3.05) is 25.6 Å². The van der Waals surface area contributed by atoms with Gasteiger partial charge in [-0.15, -0.1) is 0 Å². The maximum Gasteiger partial charge on any atom is 0.151 e. The van der Waals surface area contributed by atoms with Crippen LogP contribution in [0.4, 0.5) is 5.82 Å². The van der Waals surface area contributed by atoms with Gasteiger partial charge in [0.25, 0.3) is 0 Å². The van der Waals surface area contributed by atoms with Gasteiger partial charge in [0.05, 0.1) is 13.2 Å². The average Bonchev–Trinajstić information content (AvgIpc) is 2.33. The van der Waals surface area contributed by atoms with Crippen molar-refractivity contribution in [1.82, 2.24) is 10.2 Å². The number of aromatic amines is 1. The predicted molar refractivity (Wildman–Crippen MR) is 46.4 cm³/mol. The number of fused-ring (bicyclic) bond motifs is 1. The van der Waals surface area contributed by atoms with Gasteiger partial charge in [-0.1, -0.05) is 0 Å². The fraction of sp³-hybridized carbons (Fsp3) is 0.625. The number of anilines is 1. The lowest BCUT2D eigenvalue weighted by Gasteiger charge is -1.98. The van der Waals surface area contributed by atoms with Crippen LogP contribution in [0.3, 0.4) is 0 Å². The molecule has 0 aliphatic carbocycles. The van der Waals surface area contributed by atoms with E-state index in [2.05, 4.69) is 15.5 Å². The molecule has 4 nitrogen and oxygen atoms in total. The molecule has 0 amide bonds. The second-order valence-corrected chi connectivity index (χ2v) is 2.89. The minimum Gasteiger partial charge on any atom is -0.381 e. The highest BCUT2D eigenvalue weighted by Gasteiger charge is 2.14. The van der Waals surface area contributed by atoms with Crippen LogP contribution in [0.15, 0.2) is 0 Å². The largest absolute Gasteiger partial charge is 0.381 e. The highest BCUT2D eigenvalue weighted by molar-refractivity contribution is 5.46. The Bertz CT molecular complexity index is 269. The third-order valence-corrected chi connectivity index (χ3v) is 2.18. The van der Waals surface area contributed by atoms with Crippen molar-refractivity contribution in [3.05, 3.63) is 11.3 Å². The molecule has 66 valence electrons. The van der Waals surface area contributed by atoms with Crippen LogP contribution in [0.25, 0.3) is 0 Å². The minimum absolute atomic E-state index is 0.804. The highest BCUT2D eigenvalue weighted by atomic mass is 16.5. The molecule has 2 N–H and O–H groups in total. The zero-order valence-electron chi connectivity index (χ0n) is 7.18. The van der Waals surface area contributed by atoms with E-state index in [4.69, 9.17) is 4.74 Å². The number of hydrogen-bond acceptors (Lipinski definition) is 3. The van der Waals surface area contributed by atoms with Crippen LogP contribution < -0.4 is 5.32 Å². The molecule has 4 heteroatoms. The number of nitrogens with one attached hydrogen (secondary N) is 2. The van der Waals surface area contributed by atoms with Gasteiger partial charge in [0.15, 0.2) is 5.82 Å². The van der Waals surface area contributed by atoms with E-state index in [0.717, 1.165) is 31.9 Å². The normalized spacial score (nSPS) is 16.8. The van der Waals surface area contributed by atoms with E-state index in [1.807, 2.05) is 7.05 Å². The molecule has 0 radical (unpaired) electrons. The van der Waals surface area contributed by atoms with Crippen LogP contribution in [0, 0.1) is 0 Å². The molecule has 0 aromatic carbocycles. The molecule has 0 saturated heterocycles. The van der Waals surface area contributed by atoms with E-state index in [-0.39, 0.29) is 0 Å². The lowest BCUT2D eigenvalue weighted by molar-refractivity contribution is 0.146. The fourth-order valence-corrected chi connectivity index (χ4v) is 1.53. The van der Waals surface area contributed by atoms with E-state index >= 15 is 0 Å². The molecule has 0 atom stereocenters. The lowest BCUT2D eigenvalue weighted by atomic mass is 10.1. The SMILES string of the molecule is CNc1n[nH]c2c1CCOCC2. The van der Waals surface area contributed by atoms with E-state index in [0.29, 0.717) is 0 Å². The summed E-state index contributed by atoms with van der Waals surface area (Å²) in [7, 11) is 1.89. The first kappa shape index (κ1) is 7.61. The van der Waals surface area contributed by atoms with Gasteiger partial charge in [0.1, 0.15) is 0 Å². The fourth-order valence-electron chi connectivity index (χ4n) is 1.53. The molecule has 1 aromatic rings. The second-order valence-electron chi connectivity index (χ2n) is 2.89. The number of ether oxygens (including phenoxy) is 1. The first-order valence-electron chi connectivity index (χ1n) is 4.23. The van der Waals surface area contributed by atoms with Crippen LogP contribution in [0.1, 0.15) is 11.3 Å². The molecule has 0 spiro atoms. The van der Waals surface area contributed by atoms with Gasteiger partial charge in [-0.2, -0.15) is 5.10 Å². The van der Waals surface area contributed by atoms with Crippen LogP contribution in [0.2, 0.25) is 0 Å². The van der Waals surface area contributed by atoms with Crippen molar-refractivity contribution in [2.24, 2.45) is 0 Å². The zero-order valence-corrected chi connectivity index (χ0v) is 7.18. The van der Waals surface area contributed by atoms with Crippen LogP contribution in [-0.2, 0) is 17.6 Å². The van der Waals surface area contributed by atoms with Gasteiger partial charge in [0.2, 0.25) is 0 Å². The predicted octanol–water partition coefficient (Wildman–Crippen LogP) is 0.567. The summed E-state index contributed by atoms with van der Waals surface area (Å²) in [6.45, 7) is 1.61. The van der Waals surface area contributed by atoms with Crippen molar-refractivity contribution in [3.8, 4) is 0 Å². The molecular formula is C8H13N3O. The standard InChI is InChI=1S/C8H13N3O/c1-9-8-6-2-4-12-5-3-7(6)10-11-8/h2-5H2,1H3,(H2,9,10,11). The number of aromatic nitrogens is 2. The number of rotatable bonds is 1. The average molecular weight is 167 g/mol. The Morgan fingerprint density at radius 2 is 2.25 bits per heavy atom. The maximum atomic E-state index is 5.36. The Balaban J connectivity index is 2.32. The first-order chi connectivity index (χ1) is 5.92. The molecule has 2 heterocycles. The topological polar surface area (TPSA) is 49.9 Å². The third kappa shape index (κ3) is 1.18. The van der Waals surface area contributed by atoms with Gasteiger partial charge < -0.3 is 10.1 Å². The Hall–Kier alpha value is -1.03. The van der Waals surface area contributed by atoms with Crippen molar-refractivity contribution in [2.45, 2.75) is 12.8 Å². The van der Waals surface area contributed by atoms with E-state index in [9.17, 15) is 0 Å². The van der Waals surface area contributed by atoms with Crippen LogP contribution >= 0.6 is 0 Å². The molecule has 12 heavy (non-hydrogen) atoms. The van der Waals surface area contributed by atoms with E-state index in [1.54, 1.807) is 0 Å². The molecule has 1 aliphatic rings. The molecule has 1 aromatic heterocycles. The Labute approximate surface area is 71.3 Å². The van der Waals surface area contributed by atoms with Gasteiger partial charge in [0, 0.05) is 31.1 Å². The summed E-state index contributed by atoms with van der Waals surface area (Å²) < 4.78 is 5.36. The smallest absolute Gasteiger partial charge is 0.151 e. The van der Waals surface area contributed by atoms with Gasteiger partial charge >= 0.3 is 0 Å². The van der Waals surface area contributed by atoms with Crippen molar-refractivity contribution < 1.29 is 4.74 Å². The van der Waals surface area contributed by atoms with Crippen molar-refractivity contribution >= 4 is 5.82 Å². The van der Waals surface area contributed by atoms with Crippen LogP contribution in [-0.4, -0.2) is 30.5 Å². The van der Waals surface area contributed by atoms with Crippen molar-refractivity contribution in [3.63, 3.8) is 0 Å². The van der Waals surface area contributed by atoms with Gasteiger partial charge in [-0.3, -0.25) is 5.10 Å². The molecule has 0 unspecified atom stereocenters. The third-order valence-electron chi connectivity index (χ3n) is 2.18. The van der Waals surface area contributed by atoms with Gasteiger partial charge in [-0.25, -0.2) is 0 Å². The summed E-state index contributed by atoms with van der Waals surface area (Å²) in [6, 6.07) is 0. The molecule has 2 rings (SSSR count). The molecule has 0 bridgehead atoms. The summed E-state index contributed by atoms with van der Waals surface area (Å²) in [5.74, 6) is 0.968. The van der Waals surface area contributed by atoms with E-state index in [1.165, 1.54) is 11.3 Å². The summed E-state index contributed by atoms with van der Waals surface area (Å²) in [6.07, 6.45) is 1.91.